The summed E-state index contributed by atoms with van der Waals surface area (Å²) in [5.41, 5.74) is 5.73. The molecule has 1 aromatic rings. The van der Waals surface area contributed by atoms with Crippen molar-refractivity contribution in [3.05, 3.63) is 23.7 Å². The molecule has 0 saturated carbocycles. The molecular formula is C16H18N5O5S2+. The van der Waals surface area contributed by atoms with E-state index in [-0.39, 0.29) is 29.1 Å². The predicted octanol–water partition coefficient (Wildman–Crippen LogP) is -0.0959. The topological polar surface area (TPSA) is 147 Å². The summed E-state index contributed by atoms with van der Waals surface area (Å²) in [6, 6.07) is -1.96. The first-order chi connectivity index (χ1) is 13.4. The average Bonchev–Trinajstić information content (AvgIpc) is 3.10. The van der Waals surface area contributed by atoms with Gasteiger partial charge in [-0.2, -0.15) is 0 Å². The average molecular weight is 424 g/mol. The number of thiazole rings is 1. The van der Waals surface area contributed by atoms with Crippen LogP contribution in [-0.2, 0) is 19.2 Å². The van der Waals surface area contributed by atoms with Gasteiger partial charge in [-0.1, -0.05) is 23.0 Å². The van der Waals surface area contributed by atoms with Crippen molar-refractivity contribution in [3.63, 3.8) is 0 Å². The molecule has 0 aromatic carbocycles. The van der Waals surface area contributed by atoms with Gasteiger partial charge in [-0.15, -0.1) is 22.5 Å². The second-order valence-corrected chi connectivity index (χ2v) is 7.81. The molecule has 0 bridgehead atoms. The predicted molar refractivity (Wildman–Crippen MR) is 104 cm³/mol. The lowest BCUT2D eigenvalue weighted by Gasteiger charge is -2.33. The van der Waals surface area contributed by atoms with Crippen molar-refractivity contribution < 1.29 is 28.9 Å². The van der Waals surface area contributed by atoms with E-state index in [2.05, 4.69) is 22.0 Å². The van der Waals surface area contributed by atoms with Crippen LogP contribution in [0.5, 0.6) is 0 Å². The Kier molecular flexibility index (Phi) is 5.79. The Hall–Kier alpha value is -2.73. The van der Waals surface area contributed by atoms with Crippen molar-refractivity contribution in [1.29, 1.82) is 0 Å². The monoisotopic (exact) mass is 424 g/mol. The van der Waals surface area contributed by atoms with Gasteiger partial charge in [-0.05, 0) is 6.92 Å². The molecule has 10 nitrogen and oxygen atoms in total. The maximum Gasteiger partial charge on any atom is 0.422 e. The fourth-order valence-corrected chi connectivity index (χ4v) is 4.76. The lowest BCUT2D eigenvalue weighted by atomic mass is 9.97. The van der Waals surface area contributed by atoms with E-state index >= 15 is 0 Å². The Morgan fingerprint density at radius 2 is 2.36 bits per heavy atom. The Bertz CT molecular complexity index is 909. The number of hydrogen-bond acceptors (Lipinski definition) is 9. The smallest absolute Gasteiger partial charge is 0.422 e. The van der Waals surface area contributed by atoms with Crippen molar-refractivity contribution in [3.8, 4) is 0 Å². The Labute approximate surface area is 168 Å². The second-order valence-electron chi connectivity index (χ2n) is 5.88. The van der Waals surface area contributed by atoms with Gasteiger partial charge in [0.15, 0.2) is 10.8 Å². The molecule has 4 N–H and O–H groups in total. The van der Waals surface area contributed by atoms with Crippen molar-refractivity contribution in [2.75, 3.05) is 18.1 Å². The summed E-state index contributed by atoms with van der Waals surface area (Å²) in [5.74, 6) is -2.20. The van der Waals surface area contributed by atoms with Crippen molar-refractivity contribution >= 4 is 56.8 Å². The Morgan fingerprint density at radius 1 is 1.61 bits per heavy atom. The number of oxime groups is 1. The zero-order valence-electron chi connectivity index (χ0n) is 14.8. The minimum atomic E-state index is -1.11. The normalized spacial score (nSPS) is 24.2. The van der Waals surface area contributed by atoms with Crippen LogP contribution < -0.4 is 11.1 Å². The second kappa shape index (κ2) is 8.10. The van der Waals surface area contributed by atoms with E-state index in [1.165, 1.54) is 22.4 Å². The van der Waals surface area contributed by atoms with Gasteiger partial charge in [0, 0.05) is 11.1 Å². The molecule has 1 aromatic heterocycles. The number of nitrogens with zero attached hydrogens (tertiary/aromatic N) is 3. The number of aromatic nitrogens is 1. The Balaban J connectivity index is 1.83. The molecule has 0 saturated heterocycles. The molecule has 2 aliphatic heterocycles. The summed E-state index contributed by atoms with van der Waals surface area (Å²) in [6.45, 7) is 5.59. The minimum Gasteiger partial charge on any atom is -0.476 e. The van der Waals surface area contributed by atoms with Gasteiger partial charge in [-0.3, -0.25) is 4.79 Å². The zero-order chi connectivity index (χ0) is 20.4. The van der Waals surface area contributed by atoms with Crippen molar-refractivity contribution in [1.82, 2.24) is 10.3 Å². The molecule has 28 heavy (non-hydrogen) atoms. The molecule has 148 valence electrons. The van der Waals surface area contributed by atoms with Gasteiger partial charge in [0.25, 0.3) is 17.0 Å². The Morgan fingerprint density at radius 3 is 2.93 bits per heavy atom. The molecule has 12 heteroatoms. The summed E-state index contributed by atoms with van der Waals surface area (Å²) in [7, 11) is 0. The molecule has 3 unspecified atom stereocenters. The third kappa shape index (κ3) is 3.52. The highest BCUT2D eigenvalue weighted by molar-refractivity contribution is 8.14. The number of nitrogens with one attached hydrogen (secondary N) is 1. The SMILES string of the molecule is C=CC1CSC2=[N+](C(=O)C2NC(=O)C(=NOCC)c2csc(N)n2)C1C(=O)O. The third-order valence-electron chi connectivity index (χ3n) is 4.17. The maximum absolute atomic E-state index is 12.7. The van der Waals surface area contributed by atoms with Gasteiger partial charge >= 0.3 is 11.9 Å². The van der Waals surface area contributed by atoms with Gasteiger partial charge in [0.2, 0.25) is 6.04 Å². The summed E-state index contributed by atoms with van der Waals surface area (Å²) in [6.07, 6.45) is 1.53. The van der Waals surface area contributed by atoms with Crippen LogP contribution >= 0.6 is 23.1 Å². The van der Waals surface area contributed by atoms with E-state index in [1.54, 1.807) is 12.3 Å². The fraction of sp³-hybridized carbons (Fsp3) is 0.375. The number of rotatable bonds is 7. The molecule has 2 amide bonds. The number of anilines is 1. The van der Waals surface area contributed by atoms with Crippen LogP contribution in [0, 0.1) is 5.92 Å². The maximum atomic E-state index is 12.7. The van der Waals surface area contributed by atoms with Gasteiger partial charge in [-0.25, -0.2) is 14.6 Å². The first kappa shape index (κ1) is 20.0. The van der Waals surface area contributed by atoms with Crippen LogP contribution in [0.15, 0.2) is 23.2 Å². The van der Waals surface area contributed by atoms with Gasteiger partial charge in [0.1, 0.15) is 12.3 Å². The molecule has 2 aliphatic rings. The molecular weight excluding hydrogens is 406 g/mol. The summed E-state index contributed by atoms with van der Waals surface area (Å²) < 4.78 is 1.20. The van der Waals surface area contributed by atoms with Crippen LogP contribution in [-0.4, -0.2) is 67.6 Å². The largest absolute Gasteiger partial charge is 0.476 e. The van der Waals surface area contributed by atoms with Gasteiger partial charge in [0.05, 0.1) is 5.92 Å². The van der Waals surface area contributed by atoms with E-state index < -0.39 is 29.9 Å². The number of carboxylic acids is 1. The standard InChI is InChI=1S/C16H17N5O5S2/c1-3-7-5-27-14-10(13(23)21(14)11(7)15(24)25)19-12(22)9(20-26-4-2)8-6-28-16(17)18-8/h3,6-7,10-11H,1,4-5H2,2H3,(H3-,17,18,19,22,24,25)/p+1. The van der Waals surface area contributed by atoms with Gasteiger partial charge < -0.3 is 21.0 Å². The van der Waals surface area contributed by atoms with E-state index in [9.17, 15) is 19.5 Å². The van der Waals surface area contributed by atoms with Crippen LogP contribution in [0.2, 0.25) is 0 Å². The van der Waals surface area contributed by atoms with E-state index in [1.807, 2.05) is 0 Å². The summed E-state index contributed by atoms with van der Waals surface area (Å²) >= 11 is 2.46. The first-order valence-corrected chi connectivity index (χ1v) is 10.2. The fourth-order valence-electron chi connectivity index (χ4n) is 2.86. The van der Waals surface area contributed by atoms with E-state index in [0.717, 1.165) is 11.3 Å². The number of carboxylic acid groups (broad SMARTS) is 1. The number of nitrogens with two attached hydrogens (primary N) is 1. The number of nitrogen functional groups attached to an aromatic ring is 1. The molecule has 0 spiro atoms. The summed E-state index contributed by atoms with van der Waals surface area (Å²) in [4.78, 5) is 45.8. The number of hydrogen-bond donors (Lipinski definition) is 3. The lowest BCUT2D eigenvalue weighted by Crippen LogP contribution is -2.68. The van der Waals surface area contributed by atoms with E-state index in [0.29, 0.717) is 10.8 Å². The third-order valence-corrected chi connectivity index (χ3v) is 6.13. The highest BCUT2D eigenvalue weighted by Gasteiger charge is 2.60. The summed E-state index contributed by atoms with van der Waals surface area (Å²) in [5, 5.41) is 18.1. The van der Waals surface area contributed by atoms with Crippen molar-refractivity contribution in [2.24, 2.45) is 11.1 Å². The number of thioether (sulfide) groups is 1. The van der Waals surface area contributed by atoms with E-state index in [4.69, 9.17) is 10.6 Å². The van der Waals surface area contributed by atoms with Crippen LogP contribution in [0.3, 0.4) is 0 Å². The zero-order valence-corrected chi connectivity index (χ0v) is 16.5. The molecule has 0 aliphatic carbocycles. The van der Waals surface area contributed by atoms with Crippen LogP contribution in [0.4, 0.5) is 5.13 Å². The minimum absolute atomic E-state index is 0.110. The molecule has 3 rings (SSSR count). The number of carbonyl (C=O) groups excluding carboxylic acids is 2. The lowest BCUT2D eigenvalue weighted by molar-refractivity contribution is -0.501. The quantitative estimate of drug-likeness (QED) is 0.238. The highest BCUT2D eigenvalue weighted by Crippen LogP contribution is 2.31. The first-order valence-electron chi connectivity index (χ1n) is 8.29. The number of carbonyl (C=O) groups is 3. The van der Waals surface area contributed by atoms with Crippen LogP contribution in [0.1, 0.15) is 12.6 Å². The number of aliphatic carboxylic acids is 1. The molecule has 3 atom stereocenters. The van der Waals surface area contributed by atoms with Crippen LogP contribution in [0.25, 0.3) is 0 Å². The molecule has 0 fully saturated rings. The number of amides is 2. The molecule has 0 radical (unpaired) electrons. The molecule has 3 heterocycles. The highest BCUT2D eigenvalue weighted by atomic mass is 32.2. The van der Waals surface area contributed by atoms with Crippen molar-refractivity contribution in [2.45, 2.75) is 19.0 Å².